The first kappa shape index (κ1) is 28.4. The van der Waals surface area contributed by atoms with Gasteiger partial charge in [-0.1, -0.05) is 53.5 Å². The third kappa shape index (κ3) is 7.00. The molecule has 0 aliphatic heterocycles. The Morgan fingerprint density at radius 1 is 1.00 bits per heavy atom. The van der Waals surface area contributed by atoms with Gasteiger partial charge in [0.2, 0.25) is 11.8 Å². The van der Waals surface area contributed by atoms with E-state index >= 15 is 0 Å². The molecule has 37 heavy (non-hydrogen) atoms. The summed E-state index contributed by atoms with van der Waals surface area (Å²) >= 11 is 11.9. The first-order valence-electron chi connectivity index (χ1n) is 11.4. The molecule has 0 spiro atoms. The fourth-order valence-electron chi connectivity index (χ4n) is 3.58. The number of nitrogens with zero attached hydrogens (tertiary/aromatic N) is 2. The zero-order valence-electron chi connectivity index (χ0n) is 20.2. The van der Waals surface area contributed by atoms with Crippen molar-refractivity contribution >= 4 is 50.7 Å². The van der Waals surface area contributed by atoms with Crippen LogP contribution >= 0.6 is 23.2 Å². The maximum absolute atomic E-state index is 13.9. The van der Waals surface area contributed by atoms with Crippen molar-refractivity contribution in [2.24, 2.45) is 0 Å². The first-order chi connectivity index (χ1) is 17.5. The van der Waals surface area contributed by atoms with E-state index in [4.69, 9.17) is 23.2 Å². The molecule has 1 atom stereocenters. The van der Waals surface area contributed by atoms with Gasteiger partial charge in [-0.15, -0.1) is 0 Å². The van der Waals surface area contributed by atoms with Gasteiger partial charge in [0.05, 0.1) is 15.6 Å². The highest BCUT2D eigenvalue weighted by Crippen LogP contribution is 2.28. The molecule has 0 saturated heterocycles. The van der Waals surface area contributed by atoms with Crippen LogP contribution in [-0.2, 0) is 26.2 Å². The van der Waals surface area contributed by atoms with Crippen LogP contribution in [0.15, 0.2) is 77.7 Å². The number of carbonyl (C=O) groups is 2. The lowest BCUT2D eigenvalue weighted by Crippen LogP contribution is -2.51. The van der Waals surface area contributed by atoms with Crippen molar-refractivity contribution in [3.8, 4) is 0 Å². The fourth-order valence-corrected chi connectivity index (χ4v) is 5.31. The maximum atomic E-state index is 13.9. The lowest BCUT2D eigenvalue weighted by molar-refractivity contribution is -0.139. The lowest BCUT2D eigenvalue weighted by Gasteiger charge is -2.32. The molecule has 2 amide bonds. The number of benzene rings is 3. The molecular weight excluding hydrogens is 540 g/mol. The molecule has 3 aromatic rings. The van der Waals surface area contributed by atoms with Crippen molar-refractivity contribution in [3.63, 3.8) is 0 Å². The molecule has 0 aliphatic rings. The van der Waals surface area contributed by atoms with Crippen LogP contribution < -0.4 is 9.62 Å². The van der Waals surface area contributed by atoms with Gasteiger partial charge >= 0.3 is 0 Å². The number of rotatable bonds is 10. The number of hydrogen-bond acceptors (Lipinski definition) is 4. The van der Waals surface area contributed by atoms with Crippen LogP contribution in [0.3, 0.4) is 0 Å². The average molecular weight is 566 g/mol. The molecule has 0 aromatic heterocycles. The second-order valence-electron chi connectivity index (χ2n) is 8.14. The van der Waals surface area contributed by atoms with Gasteiger partial charge < -0.3 is 10.2 Å². The molecule has 1 N–H and O–H groups in total. The molecule has 0 heterocycles. The van der Waals surface area contributed by atoms with E-state index in [1.54, 1.807) is 56.3 Å². The van der Waals surface area contributed by atoms with Gasteiger partial charge in [0, 0.05) is 18.1 Å². The highest BCUT2D eigenvalue weighted by atomic mass is 35.5. The number of sulfonamides is 1. The zero-order valence-corrected chi connectivity index (χ0v) is 22.5. The summed E-state index contributed by atoms with van der Waals surface area (Å²) in [4.78, 5) is 27.6. The van der Waals surface area contributed by atoms with Gasteiger partial charge in [-0.25, -0.2) is 12.8 Å². The summed E-state index contributed by atoms with van der Waals surface area (Å²) in [5, 5.41) is 2.89. The zero-order chi connectivity index (χ0) is 27.2. The number of nitrogens with one attached hydrogen (secondary N) is 1. The Morgan fingerprint density at radius 3 is 2.24 bits per heavy atom. The molecule has 11 heteroatoms. The molecule has 3 rings (SSSR count). The van der Waals surface area contributed by atoms with Crippen molar-refractivity contribution in [1.29, 1.82) is 0 Å². The number of likely N-dealkylation sites (N-methyl/N-ethyl adjacent to an activating group) is 1. The van der Waals surface area contributed by atoms with E-state index in [9.17, 15) is 22.4 Å². The summed E-state index contributed by atoms with van der Waals surface area (Å²) in [7, 11) is -4.26. The molecule has 196 valence electrons. The number of amides is 2. The van der Waals surface area contributed by atoms with Gasteiger partial charge in [0.25, 0.3) is 10.0 Å². The minimum atomic E-state index is -4.26. The Bertz CT molecular complexity index is 1360. The van der Waals surface area contributed by atoms with Crippen molar-refractivity contribution in [2.75, 3.05) is 17.4 Å². The Kier molecular flexibility index (Phi) is 9.53. The van der Waals surface area contributed by atoms with Crippen molar-refractivity contribution in [2.45, 2.75) is 31.3 Å². The summed E-state index contributed by atoms with van der Waals surface area (Å²) < 4.78 is 42.0. The summed E-state index contributed by atoms with van der Waals surface area (Å²) in [6.07, 6.45) is 0. The monoisotopic (exact) mass is 565 g/mol. The third-order valence-electron chi connectivity index (χ3n) is 5.59. The van der Waals surface area contributed by atoms with Crippen molar-refractivity contribution in [1.82, 2.24) is 10.2 Å². The van der Waals surface area contributed by atoms with Crippen LogP contribution in [0.2, 0.25) is 10.0 Å². The normalized spacial score (nSPS) is 12.0. The Morgan fingerprint density at radius 2 is 1.65 bits per heavy atom. The highest BCUT2D eigenvalue weighted by molar-refractivity contribution is 7.92. The summed E-state index contributed by atoms with van der Waals surface area (Å²) in [6.45, 7) is 3.04. The second-order valence-corrected chi connectivity index (χ2v) is 10.8. The van der Waals surface area contributed by atoms with Crippen molar-refractivity contribution in [3.05, 3.63) is 94.2 Å². The maximum Gasteiger partial charge on any atom is 0.264 e. The summed E-state index contributed by atoms with van der Waals surface area (Å²) in [5.74, 6) is -1.77. The molecule has 0 saturated carbocycles. The minimum absolute atomic E-state index is 0.000656. The number of hydrogen-bond donors (Lipinski definition) is 1. The van der Waals surface area contributed by atoms with E-state index in [-0.39, 0.29) is 22.2 Å². The van der Waals surface area contributed by atoms with Gasteiger partial charge in [-0.2, -0.15) is 0 Å². The van der Waals surface area contributed by atoms with E-state index in [0.29, 0.717) is 17.1 Å². The topological polar surface area (TPSA) is 86.8 Å². The highest BCUT2D eigenvalue weighted by Gasteiger charge is 2.32. The Balaban J connectivity index is 2.03. The number of halogens is 3. The molecule has 0 bridgehead atoms. The minimum Gasteiger partial charge on any atom is -0.355 e. The molecule has 0 aliphatic carbocycles. The van der Waals surface area contributed by atoms with Gasteiger partial charge in [0.15, 0.2) is 0 Å². The van der Waals surface area contributed by atoms with Gasteiger partial charge in [-0.3, -0.25) is 13.9 Å². The van der Waals surface area contributed by atoms with E-state index in [2.05, 4.69) is 5.32 Å². The Hall–Kier alpha value is -3.14. The predicted molar refractivity (Wildman–Crippen MR) is 143 cm³/mol. The standard InChI is InChI=1S/C26H26Cl2FN3O4S/c1-3-30-26(34)18(2)31(16-19-9-11-20(27)12-10-19)25(33)17-32(21-13-14-24(29)23(28)15-21)37(35,36)22-7-5-4-6-8-22/h4-15,18H,3,16-17H2,1-2H3,(H,30,34). The largest absolute Gasteiger partial charge is 0.355 e. The second kappa shape index (κ2) is 12.4. The van der Waals surface area contributed by atoms with E-state index in [1.165, 1.54) is 23.1 Å². The predicted octanol–water partition coefficient (Wildman–Crippen LogP) is 4.88. The van der Waals surface area contributed by atoms with Gasteiger partial charge in [-0.05, 0) is 61.9 Å². The van der Waals surface area contributed by atoms with E-state index in [1.807, 2.05) is 0 Å². The van der Waals surface area contributed by atoms with Crippen LogP contribution in [0.4, 0.5) is 10.1 Å². The summed E-state index contributed by atoms with van der Waals surface area (Å²) in [6, 6.07) is 16.8. The van der Waals surface area contributed by atoms with E-state index in [0.717, 1.165) is 16.4 Å². The van der Waals surface area contributed by atoms with E-state index < -0.39 is 40.2 Å². The first-order valence-corrected chi connectivity index (χ1v) is 13.6. The third-order valence-corrected chi connectivity index (χ3v) is 7.92. The molecule has 7 nitrogen and oxygen atoms in total. The van der Waals surface area contributed by atoms with Crippen LogP contribution in [0, 0.1) is 5.82 Å². The number of carbonyl (C=O) groups excluding carboxylic acids is 2. The SMILES string of the molecule is CCNC(=O)C(C)N(Cc1ccc(Cl)cc1)C(=O)CN(c1ccc(F)c(Cl)c1)S(=O)(=O)c1ccccc1. The molecule has 0 fully saturated rings. The fraction of sp³-hybridized carbons (Fsp3) is 0.231. The van der Waals surface area contributed by atoms with Crippen LogP contribution in [-0.4, -0.2) is 44.3 Å². The smallest absolute Gasteiger partial charge is 0.264 e. The van der Waals surface area contributed by atoms with Crippen LogP contribution in [0.1, 0.15) is 19.4 Å². The molecule has 1 unspecified atom stereocenters. The van der Waals surface area contributed by atoms with Crippen LogP contribution in [0.5, 0.6) is 0 Å². The molecular formula is C26H26Cl2FN3O4S. The average Bonchev–Trinajstić information content (AvgIpc) is 2.88. The number of anilines is 1. The van der Waals surface area contributed by atoms with Crippen LogP contribution in [0.25, 0.3) is 0 Å². The van der Waals surface area contributed by atoms with Crippen molar-refractivity contribution < 1.29 is 22.4 Å². The Labute approximate surface area is 225 Å². The molecule has 0 radical (unpaired) electrons. The quantitative estimate of drug-likeness (QED) is 0.379. The molecule has 3 aromatic carbocycles. The lowest BCUT2D eigenvalue weighted by atomic mass is 10.1. The van der Waals surface area contributed by atoms with Gasteiger partial charge in [0.1, 0.15) is 18.4 Å². The summed E-state index contributed by atoms with van der Waals surface area (Å²) in [5.41, 5.74) is 0.692.